The second kappa shape index (κ2) is 5.75. The number of hydrogen-bond donors (Lipinski definition) is 1. The van der Waals surface area contributed by atoms with Gasteiger partial charge in [0, 0.05) is 18.8 Å². The Labute approximate surface area is 101 Å². The van der Waals surface area contributed by atoms with E-state index in [1.54, 1.807) is 0 Å². The lowest BCUT2D eigenvalue weighted by Crippen LogP contribution is -2.36. The number of nitrogens with zero attached hydrogens (tertiary/aromatic N) is 1. The van der Waals surface area contributed by atoms with Crippen molar-refractivity contribution in [2.45, 2.75) is 12.8 Å². The molecule has 0 spiro atoms. The van der Waals surface area contributed by atoms with E-state index < -0.39 is 5.97 Å². The fraction of sp³-hybridized carbons (Fsp3) is 0.417. The Bertz CT molecular complexity index is 334. The minimum atomic E-state index is -0.650. The van der Waals surface area contributed by atoms with Crippen LogP contribution in [-0.4, -0.2) is 24.2 Å². The zero-order valence-electron chi connectivity index (χ0n) is 9.00. The third-order valence-electron chi connectivity index (χ3n) is 2.97. The average Bonchev–Trinajstić information content (AvgIpc) is 2.30. The first-order valence-electron chi connectivity index (χ1n) is 5.30. The molecule has 16 heavy (non-hydrogen) atoms. The Hall–Kier alpha value is -1.22. The van der Waals surface area contributed by atoms with Crippen LogP contribution in [0.1, 0.15) is 12.8 Å². The highest BCUT2D eigenvalue weighted by Gasteiger charge is 2.24. The van der Waals surface area contributed by atoms with Gasteiger partial charge < -0.3 is 10.0 Å². The Morgan fingerprint density at radius 2 is 1.75 bits per heavy atom. The van der Waals surface area contributed by atoms with Gasteiger partial charge in [-0.1, -0.05) is 18.2 Å². The van der Waals surface area contributed by atoms with E-state index in [4.69, 9.17) is 5.11 Å². The first-order valence-corrected chi connectivity index (χ1v) is 5.30. The first kappa shape index (κ1) is 12.8. The molecule has 1 aromatic rings. The molecular weight excluding hydrogens is 226 g/mol. The molecule has 1 saturated heterocycles. The van der Waals surface area contributed by atoms with Crippen molar-refractivity contribution in [3.8, 4) is 0 Å². The van der Waals surface area contributed by atoms with Crippen LogP contribution in [0.3, 0.4) is 0 Å². The van der Waals surface area contributed by atoms with Crippen molar-refractivity contribution in [3.63, 3.8) is 0 Å². The molecule has 1 aliphatic rings. The van der Waals surface area contributed by atoms with E-state index in [2.05, 4.69) is 17.0 Å². The van der Waals surface area contributed by atoms with E-state index in [0.717, 1.165) is 25.9 Å². The van der Waals surface area contributed by atoms with Gasteiger partial charge in [-0.3, -0.25) is 4.79 Å². The number of piperidine rings is 1. The molecule has 0 amide bonds. The maximum Gasteiger partial charge on any atom is 0.306 e. The summed E-state index contributed by atoms with van der Waals surface area (Å²) in [6.45, 7) is 1.70. The van der Waals surface area contributed by atoms with Gasteiger partial charge in [0.15, 0.2) is 0 Å². The molecule has 2 rings (SSSR count). The molecule has 1 fully saturated rings. The number of carboxylic acids is 1. The van der Waals surface area contributed by atoms with Gasteiger partial charge in [0.05, 0.1) is 5.92 Å². The topological polar surface area (TPSA) is 40.5 Å². The summed E-state index contributed by atoms with van der Waals surface area (Å²) < 4.78 is 0. The quantitative estimate of drug-likeness (QED) is 0.865. The van der Waals surface area contributed by atoms with Crippen molar-refractivity contribution in [3.05, 3.63) is 30.3 Å². The predicted molar refractivity (Wildman–Crippen MR) is 66.3 cm³/mol. The lowest BCUT2D eigenvalue weighted by atomic mass is 9.97. The van der Waals surface area contributed by atoms with Crippen LogP contribution in [0.4, 0.5) is 5.69 Å². The molecule has 3 nitrogen and oxygen atoms in total. The summed E-state index contributed by atoms with van der Waals surface area (Å²) >= 11 is 0. The van der Waals surface area contributed by atoms with Gasteiger partial charge in [-0.25, -0.2) is 0 Å². The fourth-order valence-corrected chi connectivity index (χ4v) is 2.02. The normalized spacial score (nSPS) is 16.6. The SMILES string of the molecule is Cl.O=C(O)C1CCN(c2ccccc2)CC1. The van der Waals surface area contributed by atoms with E-state index in [-0.39, 0.29) is 18.3 Å². The van der Waals surface area contributed by atoms with Crippen LogP contribution in [-0.2, 0) is 4.79 Å². The van der Waals surface area contributed by atoms with Crippen molar-refractivity contribution in [1.82, 2.24) is 0 Å². The third kappa shape index (κ3) is 2.89. The van der Waals surface area contributed by atoms with Crippen LogP contribution in [0.15, 0.2) is 30.3 Å². The number of aliphatic carboxylic acids is 1. The van der Waals surface area contributed by atoms with Crippen molar-refractivity contribution in [1.29, 1.82) is 0 Å². The smallest absolute Gasteiger partial charge is 0.306 e. The number of halogens is 1. The van der Waals surface area contributed by atoms with Crippen LogP contribution in [0, 0.1) is 5.92 Å². The van der Waals surface area contributed by atoms with Gasteiger partial charge in [0.2, 0.25) is 0 Å². The molecule has 1 aliphatic heterocycles. The molecule has 0 bridgehead atoms. The summed E-state index contributed by atoms with van der Waals surface area (Å²) in [7, 11) is 0. The summed E-state index contributed by atoms with van der Waals surface area (Å²) in [4.78, 5) is 13.0. The van der Waals surface area contributed by atoms with Crippen molar-refractivity contribution in [2.24, 2.45) is 5.92 Å². The standard InChI is InChI=1S/C12H15NO2.ClH/c14-12(15)10-6-8-13(9-7-10)11-4-2-1-3-5-11;/h1-5,10H,6-9H2,(H,14,15);1H. The summed E-state index contributed by atoms with van der Waals surface area (Å²) in [6.07, 6.45) is 1.51. The number of rotatable bonds is 2. The Morgan fingerprint density at radius 1 is 1.19 bits per heavy atom. The van der Waals surface area contributed by atoms with Crippen molar-refractivity contribution >= 4 is 24.1 Å². The zero-order chi connectivity index (χ0) is 10.7. The lowest BCUT2D eigenvalue weighted by molar-refractivity contribution is -0.142. The number of para-hydroxylation sites is 1. The molecular formula is C12H16ClNO2. The Balaban J connectivity index is 0.00000128. The summed E-state index contributed by atoms with van der Waals surface area (Å²) in [5.74, 6) is -0.798. The van der Waals surface area contributed by atoms with Crippen LogP contribution < -0.4 is 4.90 Å². The minimum absolute atomic E-state index is 0. The van der Waals surface area contributed by atoms with Crippen LogP contribution >= 0.6 is 12.4 Å². The molecule has 88 valence electrons. The van der Waals surface area contributed by atoms with Gasteiger partial charge >= 0.3 is 5.97 Å². The zero-order valence-corrected chi connectivity index (χ0v) is 9.82. The molecule has 1 aromatic carbocycles. The highest BCUT2D eigenvalue weighted by atomic mass is 35.5. The molecule has 0 saturated carbocycles. The van der Waals surface area contributed by atoms with E-state index in [0.29, 0.717) is 0 Å². The van der Waals surface area contributed by atoms with E-state index in [1.807, 2.05) is 18.2 Å². The predicted octanol–water partition coefficient (Wildman–Crippen LogP) is 2.41. The van der Waals surface area contributed by atoms with Crippen LogP contribution in [0.5, 0.6) is 0 Å². The van der Waals surface area contributed by atoms with Crippen LogP contribution in [0.2, 0.25) is 0 Å². The maximum atomic E-state index is 10.8. The summed E-state index contributed by atoms with van der Waals surface area (Å²) in [5.41, 5.74) is 1.20. The van der Waals surface area contributed by atoms with Gasteiger partial charge in [-0.15, -0.1) is 12.4 Å². The molecule has 0 radical (unpaired) electrons. The number of anilines is 1. The summed E-state index contributed by atoms with van der Waals surface area (Å²) in [6, 6.07) is 10.2. The molecule has 1 heterocycles. The van der Waals surface area contributed by atoms with Gasteiger partial charge in [0.1, 0.15) is 0 Å². The molecule has 4 heteroatoms. The average molecular weight is 242 g/mol. The van der Waals surface area contributed by atoms with E-state index in [9.17, 15) is 4.79 Å². The fourth-order valence-electron chi connectivity index (χ4n) is 2.02. The third-order valence-corrected chi connectivity index (χ3v) is 2.97. The molecule has 0 unspecified atom stereocenters. The highest BCUT2D eigenvalue weighted by molar-refractivity contribution is 5.85. The maximum absolute atomic E-state index is 10.8. The molecule has 0 aromatic heterocycles. The number of carbonyl (C=O) groups is 1. The van der Waals surface area contributed by atoms with Gasteiger partial charge in [0.25, 0.3) is 0 Å². The minimum Gasteiger partial charge on any atom is -0.481 e. The van der Waals surface area contributed by atoms with Gasteiger partial charge in [-0.05, 0) is 25.0 Å². The molecule has 1 N–H and O–H groups in total. The number of carboxylic acid groups (broad SMARTS) is 1. The second-order valence-corrected chi connectivity index (χ2v) is 3.94. The van der Waals surface area contributed by atoms with Crippen molar-refractivity contribution in [2.75, 3.05) is 18.0 Å². The first-order chi connectivity index (χ1) is 7.27. The Kier molecular flexibility index (Phi) is 4.62. The van der Waals surface area contributed by atoms with Crippen molar-refractivity contribution < 1.29 is 9.90 Å². The molecule has 0 atom stereocenters. The highest BCUT2D eigenvalue weighted by Crippen LogP contribution is 2.22. The number of hydrogen-bond acceptors (Lipinski definition) is 2. The number of benzene rings is 1. The monoisotopic (exact) mass is 241 g/mol. The second-order valence-electron chi connectivity index (χ2n) is 3.94. The van der Waals surface area contributed by atoms with E-state index >= 15 is 0 Å². The lowest BCUT2D eigenvalue weighted by Gasteiger charge is -2.31. The Morgan fingerprint density at radius 3 is 2.25 bits per heavy atom. The van der Waals surface area contributed by atoms with E-state index in [1.165, 1.54) is 5.69 Å². The molecule has 0 aliphatic carbocycles. The van der Waals surface area contributed by atoms with Gasteiger partial charge in [-0.2, -0.15) is 0 Å². The largest absolute Gasteiger partial charge is 0.481 e. The summed E-state index contributed by atoms with van der Waals surface area (Å²) in [5, 5.41) is 8.88. The van der Waals surface area contributed by atoms with Crippen LogP contribution in [0.25, 0.3) is 0 Å².